The molecule has 2 heterocycles. The number of imidazole rings is 1. The van der Waals surface area contributed by atoms with E-state index in [0.717, 1.165) is 46.4 Å². The summed E-state index contributed by atoms with van der Waals surface area (Å²) in [6.07, 6.45) is 3.94. The lowest BCUT2D eigenvalue weighted by Gasteiger charge is -2.31. The molecule has 0 saturated carbocycles. The fraction of sp³-hybridized carbons (Fsp3) is 0.405. The van der Waals surface area contributed by atoms with Crippen LogP contribution in [-0.2, 0) is 16.0 Å². The Morgan fingerprint density at radius 3 is 2.46 bits per heavy atom. The molecule has 0 spiro atoms. The first kappa shape index (κ1) is 32.9. The minimum absolute atomic E-state index is 0.124. The topological polar surface area (TPSA) is 135 Å². The van der Waals surface area contributed by atoms with Crippen molar-refractivity contribution < 1.29 is 23.8 Å². The Bertz CT molecular complexity index is 1850. The van der Waals surface area contributed by atoms with Crippen LogP contribution in [-0.4, -0.2) is 67.6 Å². The van der Waals surface area contributed by atoms with Crippen LogP contribution in [0.1, 0.15) is 67.9 Å². The number of amides is 2. The van der Waals surface area contributed by atoms with Gasteiger partial charge in [-0.25, -0.2) is 4.98 Å². The summed E-state index contributed by atoms with van der Waals surface area (Å²) in [7, 11) is 4.71. The van der Waals surface area contributed by atoms with Crippen LogP contribution < -0.4 is 30.3 Å². The molecule has 1 atom stereocenters. The first-order chi connectivity index (χ1) is 23.3. The van der Waals surface area contributed by atoms with Gasteiger partial charge in [0, 0.05) is 44.5 Å². The summed E-state index contributed by atoms with van der Waals surface area (Å²) in [6, 6.07) is 14.8. The molecule has 4 aromatic rings. The number of H-pyrrole nitrogens is 1. The third-order valence-corrected chi connectivity index (χ3v) is 9.44. The maximum absolute atomic E-state index is 13.6. The van der Waals surface area contributed by atoms with Crippen molar-refractivity contribution in [3.63, 3.8) is 0 Å². The molecule has 48 heavy (non-hydrogen) atoms. The zero-order valence-electron chi connectivity index (χ0n) is 28.0. The van der Waals surface area contributed by atoms with Gasteiger partial charge >= 0.3 is 0 Å². The summed E-state index contributed by atoms with van der Waals surface area (Å²) in [5, 5.41) is 6.29. The van der Waals surface area contributed by atoms with Crippen LogP contribution in [0, 0.1) is 0 Å². The molecular formula is C37H43N5O6. The molecule has 2 amide bonds. The van der Waals surface area contributed by atoms with E-state index >= 15 is 0 Å². The maximum atomic E-state index is 13.6. The van der Waals surface area contributed by atoms with Gasteiger partial charge in [-0.15, -0.1) is 0 Å². The first-order valence-corrected chi connectivity index (χ1v) is 16.5. The highest BCUT2D eigenvalue weighted by Crippen LogP contribution is 2.50. The van der Waals surface area contributed by atoms with Crippen molar-refractivity contribution in [2.45, 2.75) is 57.4 Å². The van der Waals surface area contributed by atoms with E-state index in [2.05, 4.69) is 15.6 Å². The van der Waals surface area contributed by atoms with E-state index in [0.29, 0.717) is 79.7 Å². The van der Waals surface area contributed by atoms with Crippen LogP contribution in [0.15, 0.2) is 53.3 Å². The van der Waals surface area contributed by atoms with Crippen LogP contribution in [0.5, 0.6) is 17.2 Å². The molecular weight excluding hydrogens is 610 g/mol. The van der Waals surface area contributed by atoms with Gasteiger partial charge in [-0.2, -0.15) is 0 Å². The Labute approximate surface area is 280 Å². The molecule has 1 aromatic heterocycles. The van der Waals surface area contributed by atoms with E-state index in [1.54, 1.807) is 33.5 Å². The van der Waals surface area contributed by atoms with Crippen LogP contribution in [0.25, 0.3) is 22.2 Å². The number of piperidine rings is 1. The number of ether oxygens (including phenoxy) is 3. The van der Waals surface area contributed by atoms with Gasteiger partial charge in [0.15, 0.2) is 11.5 Å². The number of carbonyl (C=O) groups is 2. The molecule has 11 heteroatoms. The minimum atomic E-state index is -0.381. The van der Waals surface area contributed by atoms with Crippen LogP contribution in [0.4, 0.5) is 5.69 Å². The Morgan fingerprint density at radius 2 is 1.75 bits per heavy atom. The fourth-order valence-corrected chi connectivity index (χ4v) is 7.04. The number of rotatable bonds is 10. The molecule has 1 aliphatic heterocycles. The molecule has 3 aromatic carbocycles. The van der Waals surface area contributed by atoms with E-state index in [9.17, 15) is 14.4 Å². The molecule has 1 aliphatic carbocycles. The van der Waals surface area contributed by atoms with Crippen molar-refractivity contribution in [2.75, 3.05) is 46.3 Å². The van der Waals surface area contributed by atoms with Crippen molar-refractivity contribution in [2.24, 2.45) is 0 Å². The summed E-state index contributed by atoms with van der Waals surface area (Å²) >= 11 is 0. The Kier molecular flexibility index (Phi) is 9.84. The highest BCUT2D eigenvalue weighted by atomic mass is 16.5. The summed E-state index contributed by atoms with van der Waals surface area (Å²) in [5.41, 5.74) is 5.47. The number of methoxy groups -OCH3 is 3. The molecule has 6 rings (SSSR count). The SMILES string of the molecule is COc1cc2c(c(OC)c1OC)-c1ccc(NCCCC(=O)N3CCC(c4nc5ccccc5[nH]4)CC3)c(=O)cc1[C@@H](NC(C)=O)CC2. The van der Waals surface area contributed by atoms with E-state index in [4.69, 9.17) is 19.2 Å². The Morgan fingerprint density at radius 1 is 0.979 bits per heavy atom. The van der Waals surface area contributed by atoms with Gasteiger partial charge in [-0.3, -0.25) is 14.4 Å². The number of fused-ring (bicyclic) bond motifs is 4. The quantitative estimate of drug-likeness (QED) is 0.195. The molecule has 3 N–H and O–H groups in total. The van der Waals surface area contributed by atoms with Crippen molar-refractivity contribution in [1.29, 1.82) is 0 Å². The third kappa shape index (κ3) is 6.67. The standard InChI is InChI=1S/C37H43N5O6/c1-22(43)39-27-13-11-24-20-32(46-2)35(47-3)36(48-4)34(24)25-12-14-30(31(44)21-26(25)27)38-17-7-10-33(45)42-18-15-23(16-19-42)37-40-28-8-5-6-9-29(28)41-37/h5-6,8-9,12,14,20-21,23,27H,7,10-11,13,15-19H2,1-4H3,(H,38,44)(H,39,43)(H,40,41)/t27-/m0/s1. The Balaban J connectivity index is 1.14. The van der Waals surface area contributed by atoms with Crippen molar-refractivity contribution in [1.82, 2.24) is 20.2 Å². The number of nitrogens with one attached hydrogen (secondary N) is 3. The summed E-state index contributed by atoms with van der Waals surface area (Å²) in [4.78, 5) is 49.0. The number of hydrogen-bond donors (Lipinski definition) is 3. The van der Waals surface area contributed by atoms with Gasteiger partial charge in [-0.1, -0.05) is 18.2 Å². The van der Waals surface area contributed by atoms with E-state index < -0.39 is 0 Å². The lowest BCUT2D eigenvalue weighted by Crippen LogP contribution is -2.38. The van der Waals surface area contributed by atoms with E-state index in [-0.39, 0.29) is 23.3 Å². The van der Waals surface area contributed by atoms with Gasteiger partial charge in [-0.05, 0) is 79.1 Å². The average Bonchev–Trinajstić information content (AvgIpc) is 3.40. The van der Waals surface area contributed by atoms with Crippen LogP contribution in [0.2, 0.25) is 0 Å². The average molecular weight is 654 g/mol. The van der Waals surface area contributed by atoms with E-state index in [1.165, 1.54) is 6.92 Å². The lowest BCUT2D eigenvalue weighted by molar-refractivity contribution is -0.132. The van der Waals surface area contributed by atoms with Gasteiger partial charge in [0.1, 0.15) is 5.82 Å². The molecule has 252 valence electrons. The number of likely N-dealkylation sites (tertiary alicyclic amines) is 1. The van der Waals surface area contributed by atoms with Crippen molar-refractivity contribution in [3.8, 4) is 28.4 Å². The second kappa shape index (κ2) is 14.4. The van der Waals surface area contributed by atoms with Gasteiger partial charge < -0.3 is 34.7 Å². The monoisotopic (exact) mass is 653 g/mol. The highest BCUT2D eigenvalue weighted by molar-refractivity contribution is 5.84. The number of para-hydroxylation sites is 2. The first-order valence-electron chi connectivity index (χ1n) is 16.5. The van der Waals surface area contributed by atoms with Crippen LogP contribution in [0.3, 0.4) is 0 Å². The third-order valence-electron chi connectivity index (χ3n) is 9.44. The maximum Gasteiger partial charge on any atom is 0.222 e. The van der Waals surface area contributed by atoms with Crippen LogP contribution >= 0.6 is 0 Å². The largest absolute Gasteiger partial charge is 0.493 e. The second-order valence-electron chi connectivity index (χ2n) is 12.4. The van der Waals surface area contributed by atoms with Crippen molar-refractivity contribution in [3.05, 3.63) is 75.7 Å². The zero-order chi connectivity index (χ0) is 33.8. The number of aromatic amines is 1. The number of nitrogens with zero attached hydrogens (tertiary/aromatic N) is 2. The number of carbonyl (C=O) groups excluding carboxylic acids is 2. The highest BCUT2D eigenvalue weighted by Gasteiger charge is 2.30. The zero-order valence-corrected chi connectivity index (χ0v) is 28.0. The molecule has 0 radical (unpaired) electrons. The smallest absolute Gasteiger partial charge is 0.222 e. The number of aryl methyl sites for hydroxylation is 1. The van der Waals surface area contributed by atoms with Gasteiger partial charge in [0.05, 0.1) is 44.1 Å². The number of aromatic nitrogens is 2. The summed E-state index contributed by atoms with van der Waals surface area (Å²) in [6.45, 7) is 3.35. The summed E-state index contributed by atoms with van der Waals surface area (Å²) < 4.78 is 17.1. The Hall–Kier alpha value is -5.06. The molecule has 0 bridgehead atoms. The normalized spacial score (nSPS) is 16.0. The molecule has 11 nitrogen and oxygen atoms in total. The molecule has 0 unspecified atom stereocenters. The number of anilines is 1. The van der Waals surface area contributed by atoms with E-state index in [1.807, 2.05) is 41.3 Å². The van der Waals surface area contributed by atoms with Crippen molar-refractivity contribution >= 4 is 28.5 Å². The molecule has 2 aliphatic rings. The summed E-state index contributed by atoms with van der Waals surface area (Å²) in [5.74, 6) is 2.76. The molecule has 1 saturated heterocycles. The lowest BCUT2D eigenvalue weighted by atomic mass is 9.95. The molecule has 1 fully saturated rings. The predicted molar refractivity (Wildman–Crippen MR) is 185 cm³/mol. The fourth-order valence-electron chi connectivity index (χ4n) is 7.04. The number of benzene rings is 2. The van der Waals surface area contributed by atoms with Gasteiger partial charge in [0.2, 0.25) is 23.0 Å². The minimum Gasteiger partial charge on any atom is -0.493 e. The number of hydrogen-bond acceptors (Lipinski definition) is 8. The second-order valence-corrected chi connectivity index (χ2v) is 12.4. The predicted octanol–water partition coefficient (Wildman–Crippen LogP) is 5.34. The van der Waals surface area contributed by atoms with Gasteiger partial charge in [0.25, 0.3) is 0 Å².